The monoisotopic (exact) mass is 277 g/mol. The van der Waals surface area contributed by atoms with Crippen molar-refractivity contribution >= 4 is 5.91 Å². The summed E-state index contributed by atoms with van der Waals surface area (Å²) in [7, 11) is 0. The molecule has 0 fully saturated rings. The van der Waals surface area contributed by atoms with Crippen LogP contribution in [0.5, 0.6) is 11.5 Å². The molecule has 1 amide bonds. The van der Waals surface area contributed by atoms with E-state index in [1.54, 1.807) is 6.08 Å². The minimum atomic E-state index is 0.0248. The minimum absolute atomic E-state index is 0.0248. The molecule has 0 aliphatic carbocycles. The molecule has 20 heavy (non-hydrogen) atoms. The van der Waals surface area contributed by atoms with Crippen LogP contribution >= 0.6 is 0 Å². The minimum Gasteiger partial charge on any atom is -0.490 e. The fourth-order valence-electron chi connectivity index (χ4n) is 1.78. The number of carbonyl (C=O) groups excluding carboxylic acids is 1. The third-order valence-corrected chi connectivity index (χ3v) is 2.69. The van der Waals surface area contributed by atoms with Crippen molar-refractivity contribution in [1.82, 2.24) is 5.32 Å². The van der Waals surface area contributed by atoms with Crippen molar-refractivity contribution < 1.29 is 14.3 Å². The zero-order valence-electron chi connectivity index (χ0n) is 12.3. The van der Waals surface area contributed by atoms with Crippen LogP contribution in [0.1, 0.15) is 25.8 Å². The summed E-state index contributed by atoms with van der Waals surface area (Å²) in [5.41, 5.74) is 1.06. The van der Waals surface area contributed by atoms with Gasteiger partial charge >= 0.3 is 0 Å². The Hall–Kier alpha value is -1.97. The summed E-state index contributed by atoms with van der Waals surface area (Å²) in [5.74, 6) is 1.50. The van der Waals surface area contributed by atoms with Gasteiger partial charge in [-0.2, -0.15) is 0 Å². The van der Waals surface area contributed by atoms with Gasteiger partial charge in [0, 0.05) is 13.0 Å². The molecule has 0 aromatic heterocycles. The Morgan fingerprint density at radius 3 is 2.60 bits per heavy atom. The topological polar surface area (TPSA) is 47.6 Å². The summed E-state index contributed by atoms with van der Waals surface area (Å²) in [6, 6.07) is 5.80. The molecule has 1 N–H and O–H groups in total. The van der Waals surface area contributed by atoms with E-state index in [-0.39, 0.29) is 5.91 Å². The lowest BCUT2D eigenvalue weighted by atomic mass is 10.1. The number of rotatable bonds is 9. The molecule has 1 aromatic carbocycles. The maximum atomic E-state index is 11.5. The Labute approximate surface area is 120 Å². The van der Waals surface area contributed by atoms with E-state index < -0.39 is 0 Å². The second-order valence-electron chi connectivity index (χ2n) is 4.24. The molecule has 0 radical (unpaired) electrons. The van der Waals surface area contributed by atoms with E-state index in [4.69, 9.17) is 9.47 Å². The molecule has 1 rings (SSSR count). The fourth-order valence-corrected chi connectivity index (χ4v) is 1.78. The normalized spacial score (nSPS) is 9.90. The Balaban J connectivity index is 2.64. The largest absolute Gasteiger partial charge is 0.490 e. The standard InChI is InChI=1S/C16H23NO3/c1-4-11-17-16(18)10-8-13-7-9-14(19-5-2)15(12-13)20-6-3/h4,7,9,12H,1,5-6,8,10-11H2,2-3H3,(H,17,18). The van der Waals surface area contributed by atoms with Crippen molar-refractivity contribution in [2.45, 2.75) is 26.7 Å². The van der Waals surface area contributed by atoms with Gasteiger partial charge in [-0.25, -0.2) is 0 Å². The highest BCUT2D eigenvalue weighted by atomic mass is 16.5. The summed E-state index contributed by atoms with van der Waals surface area (Å²) in [4.78, 5) is 11.5. The maximum absolute atomic E-state index is 11.5. The van der Waals surface area contributed by atoms with Gasteiger partial charge in [0.2, 0.25) is 5.91 Å². The summed E-state index contributed by atoms with van der Waals surface area (Å²) < 4.78 is 11.1. The van der Waals surface area contributed by atoms with Gasteiger partial charge in [0.05, 0.1) is 13.2 Å². The van der Waals surface area contributed by atoms with Crippen LogP contribution in [0.2, 0.25) is 0 Å². The summed E-state index contributed by atoms with van der Waals surface area (Å²) in [6.45, 7) is 9.13. The number of nitrogens with one attached hydrogen (secondary N) is 1. The number of hydrogen-bond acceptors (Lipinski definition) is 3. The van der Waals surface area contributed by atoms with Crippen molar-refractivity contribution in [1.29, 1.82) is 0 Å². The first-order valence-corrected chi connectivity index (χ1v) is 6.97. The van der Waals surface area contributed by atoms with Crippen LogP contribution in [-0.4, -0.2) is 25.7 Å². The van der Waals surface area contributed by atoms with E-state index in [9.17, 15) is 4.79 Å². The molecule has 0 bridgehead atoms. The number of benzene rings is 1. The van der Waals surface area contributed by atoms with E-state index in [1.165, 1.54) is 0 Å². The molecular weight excluding hydrogens is 254 g/mol. The molecule has 0 spiro atoms. The SMILES string of the molecule is C=CCNC(=O)CCc1ccc(OCC)c(OCC)c1. The van der Waals surface area contributed by atoms with Gasteiger partial charge in [-0.3, -0.25) is 4.79 Å². The number of ether oxygens (including phenoxy) is 2. The highest BCUT2D eigenvalue weighted by molar-refractivity contribution is 5.76. The van der Waals surface area contributed by atoms with Crippen LogP contribution in [0.25, 0.3) is 0 Å². The summed E-state index contributed by atoms with van der Waals surface area (Å²) >= 11 is 0. The molecule has 1 aromatic rings. The second-order valence-corrected chi connectivity index (χ2v) is 4.24. The summed E-state index contributed by atoms with van der Waals surface area (Å²) in [5, 5.41) is 2.76. The van der Waals surface area contributed by atoms with E-state index in [0.29, 0.717) is 32.6 Å². The Bertz CT molecular complexity index is 443. The van der Waals surface area contributed by atoms with Gasteiger partial charge in [0.15, 0.2) is 11.5 Å². The molecule has 0 heterocycles. The molecule has 0 aliphatic heterocycles. The molecule has 0 aliphatic rings. The predicted octanol–water partition coefficient (Wildman–Crippen LogP) is 2.72. The number of aryl methyl sites for hydroxylation is 1. The van der Waals surface area contributed by atoms with E-state index in [0.717, 1.165) is 17.1 Å². The molecule has 0 unspecified atom stereocenters. The van der Waals surface area contributed by atoms with Crippen LogP contribution in [0, 0.1) is 0 Å². The van der Waals surface area contributed by atoms with Crippen LogP contribution in [0.4, 0.5) is 0 Å². The third kappa shape index (κ3) is 5.34. The van der Waals surface area contributed by atoms with Crippen LogP contribution in [0.3, 0.4) is 0 Å². The zero-order valence-corrected chi connectivity index (χ0v) is 12.3. The van der Waals surface area contributed by atoms with Gasteiger partial charge < -0.3 is 14.8 Å². The first-order valence-electron chi connectivity index (χ1n) is 6.97. The lowest BCUT2D eigenvalue weighted by molar-refractivity contribution is -0.120. The average molecular weight is 277 g/mol. The zero-order chi connectivity index (χ0) is 14.8. The molecule has 0 atom stereocenters. The Morgan fingerprint density at radius 1 is 1.25 bits per heavy atom. The quantitative estimate of drug-likeness (QED) is 0.706. The van der Waals surface area contributed by atoms with Gasteiger partial charge in [-0.15, -0.1) is 6.58 Å². The van der Waals surface area contributed by atoms with Gasteiger partial charge in [-0.1, -0.05) is 12.1 Å². The van der Waals surface area contributed by atoms with Crippen LogP contribution in [0.15, 0.2) is 30.9 Å². The predicted molar refractivity (Wildman–Crippen MR) is 80.3 cm³/mol. The first-order chi connectivity index (χ1) is 9.71. The highest BCUT2D eigenvalue weighted by Crippen LogP contribution is 2.28. The van der Waals surface area contributed by atoms with Crippen molar-refractivity contribution in [3.8, 4) is 11.5 Å². The van der Waals surface area contributed by atoms with Crippen LogP contribution in [-0.2, 0) is 11.2 Å². The smallest absolute Gasteiger partial charge is 0.220 e. The number of carbonyl (C=O) groups is 1. The van der Waals surface area contributed by atoms with Crippen LogP contribution < -0.4 is 14.8 Å². The third-order valence-electron chi connectivity index (χ3n) is 2.69. The highest BCUT2D eigenvalue weighted by Gasteiger charge is 2.07. The van der Waals surface area contributed by atoms with Gasteiger partial charge in [0.1, 0.15) is 0 Å². The number of amides is 1. The first kappa shape index (κ1) is 16.1. The molecule has 110 valence electrons. The maximum Gasteiger partial charge on any atom is 0.220 e. The Kier molecular flexibility index (Phi) is 7.25. The van der Waals surface area contributed by atoms with E-state index in [2.05, 4.69) is 11.9 Å². The van der Waals surface area contributed by atoms with Crippen molar-refractivity contribution in [3.05, 3.63) is 36.4 Å². The fraction of sp³-hybridized carbons (Fsp3) is 0.438. The molecule has 0 saturated heterocycles. The second kappa shape index (κ2) is 9.02. The molecule has 4 nitrogen and oxygen atoms in total. The lowest BCUT2D eigenvalue weighted by Crippen LogP contribution is -2.23. The molecule has 0 saturated carbocycles. The van der Waals surface area contributed by atoms with Gasteiger partial charge in [0.25, 0.3) is 0 Å². The summed E-state index contributed by atoms with van der Waals surface area (Å²) in [6.07, 6.45) is 2.80. The van der Waals surface area contributed by atoms with Crippen molar-refractivity contribution in [2.24, 2.45) is 0 Å². The lowest BCUT2D eigenvalue weighted by Gasteiger charge is -2.12. The average Bonchev–Trinajstić information content (AvgIpc) is 2.45. The van der Waals surface area contributed by atoms with Gasteiger partial charge in [-0.05, 0) is 38.0 Å². The van der Waals surface area contributed by atoms with Crippen molar-refractivity contribution in [3.63, 3.8) is 0 Å². The van der Waals surface area contributed by atoms with Crippen molar-refractivity contribution in [2.75, 3.05) is 19.8 Å². The van der Waals surface area contributed by atoms with E-state index in [1.807, 2.05) is 32.0 Å². The number of hydrogen-bond donors (Lipinski definition) is 1. The Morgan fingerprint density at radius 2 is 1.95 bits per heavy atom. The molecule has 4 heteroatoms. The van der Waals surface area contributed by atoms with E-state index >= 15 is 0 Å². The molecular formula is C16H23NO3.